The van der Waals surface area contributed by atoms with Crippen LogP contribution in [0, 0.1) is 29.0 Å². The largest absolute Gasteiger partial charge is 0.340 e. The van der Waals surface area contributed by atoms with Crippen molar-refractivity contribution in [2.75, 3.05) is 25.0 Å². The lowest BCUT2D eigenvalue weighted by Crippen LogP contribution is -2.57. The molecule has 3 heterocycles. The molecule has 4 fully saturated rings. The second-order valence-electron chi connectivity index (χ2n) is 14.0. The topological polar surface area (TPSA) is 118 Å². The smallest absolute Gasteiger partial charge is 0.261 e. The number of aryl methyl sites for hydroxylation is 1. The predicted octanol–water partition coefficient (Wildman–Crippen LogP) is 4.58. The van der Waals surface area contributed by atoms with Gasteiger partial charge in [-0.3, -0.25) is 9.36 Å². The zero-order valence-electron chi connectivity index (χ0n) is 27.0. The van der Waals surface area contributed by atoms with E-state index in [2.05, 4.69) is 58.6 Å². The second-order valence-corrected chi connectivity index (χ2v) is 14.0. The van der Waals surface area contributed by atoms with E-state index in [-0.39, 0.29) is 31.4 Å². The average Bonchev–Trinajstić information content (AvgIpc) is 3.55. The summed E-state index contributed by atoms with van der Waals surface area (Å²) in [6.45, 7) is 12.6. The fraction of sp³-hybridized carbons (Fsp3) is 0.543. The van der Waals surface area contributed by atoms with Crippen LogP contribution in [0.5, 0.6) is 0 Å². The first kappa shape index (κ1) is 32.7. The Kier molecular flexibility index (Phi) is 9.15. The number of rotatable bonds is 7. The monoisotopic (exact) mass is 642 g/mol. The van der Waals surface area contributed by atoms with Crippen molar-refractivity contribution < 1.29 is 4.39 Å². The van der Waals surface area contributed by atoms with Crippen LogP contribution >= 0.6 is 0 Å². The summed E-state index contributed by atoms with van der Waals surface area (Å²) in [6.07, 6.45) is 4.34. The minimum atomic E-state index is -0.288. The number of fused-ring (bicyclic) bond motifs is 3. The van der Waals surface area contributed by atoms with Gasteiger partial charge in [0.05, 0.1) is 16.9 Å². The molecule has 250 valence electrons. The summed E-state index contributed by atoms with van der Waals surface area (Å²) in [6, 6.07) is 12.7. The van der Waals surface area contributed by atoms with Gasteiger partial charge in [0.25, 0.3) is 5.56 Å². The number of halogens is 1. The molecular formula is C35H47FN10O. The van der Waals surface area contributed by atoms with E-state index < -0.39 is 0 Å². The standard InChI is InChI=1S/C34H43FN10O.CH4/c1-21-18-43(14-12-36-21)33(41-29-16-24-15-28(22(29)2)34(24,3)4)39-26-9-10-27-30(17-26)40-31(19-45-38-20-37-42-45)44(32(27)46)13-11-23-5-7-25(35)8-6-23;/h5-10,17,20-22,24,28-29,36H,11-16,18-19H2,1-4H3,(H,39,41);1H4/t21-,22-,24+,28-,29-;/m0./s1. The maximum absolute atomic E-state index is 13.9. The Morgan fingerprint density at radius 1 is 1.15 bits per heavy atom. The van der Waals surface area contributed by atoms with Gasteiger partial charge in [0.15, 0.2) is 12.3 Å². The third-order valence-corrected chi connectivity index (χ3v) is 10.8. The molecule has 4 aromatic rings. The van der Waals surface area contributed by atoms with Gasteiger partial charge >= 0.3 is 0 Å². The molecule has 12 heteroatoms. The Balaban J connectivity index is 0.00000386. The lowest BCUT2D eigenvalue weighted by molar-refractivity contribution is -0.108. The van der Waals surface area contributed by atoms with Crippen molar-refractivity contribution in [3.05, 3.63) is 76.4 Å². The molecule has 2 bridgehead atoms. The molecule has 8 rings (SSSR count). The highest BCUT2D eigenvalue weighted by atomic mass is 19.1. The van der Waals surface area contributed by atoms with E-state index in [4.69, 9.17) is 9.98 Å². The maximum Gasteiger partial charge on any atom is 0.261 e. The molecule has 1 aliphatic heterocycles. The normalized spacial score (nSPS) is 25.3. The first-order chi connectivity index (χ1) is 22.2. The Labute approximate surface area is 275 Å². The number of benzene rings is 2. The van der Waals surface area contributed by atoms with Crippen molar-refractivity contribution in [2.24, 2.45) is 28.2 Å². The zero-order valence-corrected chi connectivity index (χ0v) is 27.0. The van der Waals surface area contributed by atoms with Crippen molar-refractivity contribution in [2.45, 2.75) is 79.6 Å². The first-order valence-electron chi connectivity index (χ1n) is 16.5. The molecule has 2 aromatic carbocycles. The fourth-order valence-electron chi connectivity index (χ4n) is 7.87. The van der Waals surface area contributed by atoms with Gasteiger partial charge in [-0.05, 0) is 90.5 Å². The molecule has 2 N–H and O–H groups in total. The van der Waals surface area contributed by atoms with Gasteiger partial charge < -0.3 is 15.5 Å². The average molecular weight is 643 g/mol. The van der Waals surface area contributed by atoms with Gasteiger partial charge in [-0.15, -0.1) is 10.2 Å². The van der Waals surface area contributed by atoms with E-state index in [1.54, 1.807) is 16.7 Å². The Morgan fingerprint density at radius 2 is 1.96 bits per heavy atom. The summed E-state index contributed by atoms with van der Waals surface area (Å²) in [7, 11) is 0. The van der Waals surface area contributed by atoms with Crippen molar-refractivity contribution in [1.82, 2.24) is 40.0 Å². The van der Waals surface area contributed by atoms with E-state index in [1.165, 1.54) is 29.7 Å². The molecule has 0 unspecified atom stereocenters. The van der Waals surface area contributed by atoms with Crippen molar-refractivity contribution in [3.8, 4) is 0 Å². The summed E-state index contributed by atoms with van der Waals surface area (Å²) >= 11 is 0. The van der Waals surface area contributed by atoms with E-state index in [0.29, 0.717) is 53.0 Å². The van der Waals surface area contributed by atoms with Crippen molar-refractivity contribution in [1.29, 1.82) is 0 Å². The number of nitrogens with zero attached hydrogens (tertiary/aromatic N) is 8. The molecule has 11 nitrogen and oxygen atoms in total. The number of anilines is 1. The SMILES string of the molecule is C.C[C@@H]1[C@@H](N=C(Nc2ccc3c(=O)n(CCc4ccc(F)cc4)c(Cn4ncnn4)nc3c2)N2CCN[C@@H](C)C2)C[C@H]2C[C@@H]1C2(C)C. The van der Waals surface area contributed by atoms with Crippen molar-refractivity contribution >= 4 is 22.5 Å². The lowest BCUT2D eigenvalue weighted by Gasteiger charge is -2.61. The van der Waals surface area contributed by atoms with Crippen LogP contribution in [0.3, 0.4) is 0 Å². The van der Waals surface area contributed by atoms with E-state index in [1.807, 2.05) is 18.2 Å². The number of tetrazole rings is 1. The summed E-state index contributed by atoms with van der Waals surface area (Å²) in [5.74, 6) is 3.08. The molecular weight excluding hydrogens is 595 g/mol. The summed E-state index contributed by atoms with van der Waals surface area (Å²) in [5.41, 5.74) is 2.62. The minimum Gasteiger partial charge on any atom is -0.340 e. The van der Waals surface area contributed by atoms with Crippen LogP contribution in [0.4, 0.5) is 10.1 Å². The van der Waals surface area contributed by atoms with Gasteiger partial charge in [0.1, 0.15) is 18.2 Å². The molecule has 47 heavy (non-hydrogen) atoms. The highest BCUT2D eigenvalue weighted by molar-refractivity contribution is 5.96. The number of guanidine groups is 1. The highest BCUT2D eigenvalue weighted by Crippen LogP contribution is 2.61. The van der Waals surface area contributed by atoms with Crippen LogP contribution in [0.15, 0.2) is 58.6 Å². The molecule has 0 radical (unpaired) electrons. The lowest BCUT2D eigenvalue weighted by atomic mass is 9.45. The molecule has 0 spiro atoms. The van der Waals surface area contributed by atoms with Gasteiger partial charge in [-0.1, -0.05) is 40.3 Å². The molecule has 4 aliphatic rings. The number of aromatic nitrogens is 6. The number of hydrogen-bond donors (Lipinski definition) is 2. The van der Waals surface area contributed by atoms with Crippen LogP contribution in [0.25, 0.3) is 10.9 Å². The van der Waals surface area contributed by atoms with Crippen LogP contribution in [0.1, 0.15) is 59.4 Å². The summed E-state index contributed by atoms with van der Waals surface area (Å²) in [5, 5.41) is 19.7. The number of aliphatic imine (C=N–C) groups is 1. The first-order valence-corrected chi connectivity index (χ1v) is 16.5. The predicted molar refractivity (Wildman–Crippen MR) is 183 cm³/mol. The minimum absolute atomic E-state index is 0. The maximum atomic E-state index is 13.9. The van der Waals surface area contributed by atoms with E-state index in [0.717, 1.165) is 49.2 Å². The van der Waals surface area contributed by atoms with Crippen LogP contribution < -0.4 is 16.2 Å². The Hall–Kier alpha value is -4.19. The van der Waals surface area contributed by atoms with Gasteiger partial charge in [0.2, 0.25) is 0 Å². The number of hydrogen-bond acceptors (Lipinski definition) is 7. The molecule has 1 saturated heterocycles. The van der Waals surface area contributed by atoms with Crippen molar-refractivity contribution in [3.63, 3.8) is 0 Å². The Bertz CT molecular complexity index is 1780. The molecule has 5 atom stereocenters. The van der Waals surface area contributed by atoms with Crippen LogP contribution in [-0.2, 0) is 19.5 Å². The van der Waals surface area contributed by atoms with E-state index in [9.17, 15) is 9.18 Å². The fourth-order valence-corrected chi connectivity index (χ4v) is 7.87. The third kappa shape index (κ3) is 6.52. The Morgan fingerprint density at radius 3 is 2.66 bits per heavy atom. The molecule has 3 saturated carbocycles. The van der Waals surface area contributed by atoms with Gasteiger partial charge in [0, 0.05) is 37.9 Å². The van der Waals surface area contributed by atoms with Gasteiger partial charge in [-0.2, -0.15) is 4.80 Å². The number of nitrogens with one attached hydrogen (secondary N) is 2. The molecule has 2 aromatic heterocycles. The molecule has 3 aliphatic carbocycles. The van der Waals surface area contributed by atoms with Gasteiger partial charge in [-0.25, -0.2) is 14.4 Å². The number of piperazine rings is 1. The van der Waals surface area contributed by atoms with Crippen LogP contribution in [-0.4, -0.2) is 72.3 Å². The summed E-state index contributed by atoms with van der Waals surface area (Å²) < 4.78 is 15.1. The van der Waals surface area contributed by atoms with E-state index >= 15 is 0 Å². The molecule has 0 amide bonds. The summed E-state index contributed by atoms with van der Waals surface area (Å²) in [4.78, 5) is 28.0. The van der Waals surface area contributed by atoms with Crippen LogP contribution in [0.2, 0.25) is 0 Å². The third-order valence-electron chi connectivity index (χ3n) is 10.8. The second kappa shape index (κ2) is 13.1. The highest BCUT2D eigenvalue weighted by Gasteiger charge is 2.56. The zero-order chi connectivity index (χ0) is 32.0. The quantitative estimate of drug-likeness (QED) is 0.222.